The van der Waals surface area contributed by atoms with Gasteiger partial charge in [0.1, 0.15) is 0 Å². The van der Waals surface area contributed by atoms with Gasteiger partial charge in [-0.3, -0.25) is 19.5 Å². The van der Waals surface area contributed by atoms with Crippen LogP contribution in [0.15, 0.2) is 41.3 Å². The molecular weight excluding hydrogens is 454 g/mol. The number of benzene rings is 1. The molecule has 0 saturated carbocycles. The summed E-state index contributed by atoms with van der Waals surface area (Å²) in [6, 6.07) is 10.0. The predicted octanol–water partition coefficient (Wildman–Crippen LogP) is 3.19. The van der Waals surface area contributed by atoms with Crippen molar-refractivity contribution in [1.82, 2.24) is 20.2 Å². The molecule has 3 aromatic rings. The third kappa shape index (κ3) is 5.83. The monoisotopic (exact) mass is 489 g/mol. The minimum Gasteiger partial charge on any atom is -0.379 e. The quantitative estimate of drug-likeness (QED) is 0.530. The number of carbonyl (C=O) groups excluding carboxylic acids is 1. The third-order valence-corrected chi connectivity index (χ3v) is 6.67. The minimum atomic E-state index is -0.214. The SMILES string of the molecule is Cc1cc(C)c(CNC(=O)c2cc(-c3ccc(CN4CCOCC4)nc3)cc(N(C)C)c2C)c(=O)[nH]1. The molecule has 190 valence electrons. The zero-order chi connectivity index (χ0) is 25.8. The van der Waals surface area contributed by atoms with E-state index in [0.717, 1.165) is 72.2 Å². The van der Waals surface area contributed by atoms with E-state index in [1.807, 2.05) is 64.2 Å². The van der Waals surface area contributed by atoms with Gasteiger partial charge in [-0.1, -0.05) is 6.07 Å². The van der Waals surface area contributed by atoms with Crippen LogP contribution >= 0.6 is 0 Å². The molecule has 0 bridgehead atoms. The van der Waals surface area contributed by atoms with Gasteiger partial charge in [-0.05, 0) is 61.7 Å². The molecule has 1 aliphatic rings. The van der Waals surface area contributed by atoms with Crippen molar-refractivity contribution in [2.45, 2.75) is 33.9 Å². The second kappa shape index (κ2) is 11.1. The van der Waals surface area contributed by atoms with Gasteiger partial charge in [0.2, 0.25) is 0 Å². The molecule has 0 radical (unpaired) electrons. The lowest BCUT2D eigenvalue weighted by Crippen LogP contribution is -2.35. The van der Waals surface area contributed by atoms with Gasteiger partial charge in [0.25, 0.3) is 11.5 Å². The molecular formula is C28H35N5O3. The van der Waals surface area contributed by atoms with E-state index in [1.165, 1.54) is 0 Å². The first-order valence-electron chi connectivity index (χ1n) is 12.3. The van der Waals surface area contributed by atoms with Crippen molar-refractivity contribution >= 4 is 11.6 Å². The Morgan fingerprint density at radius 3 is 2.50 bits per heavy atom. The summed E-state index contributed by atoms with van der Waals surface area (Å²) in [6.07, 6.45) is 1.87. The van der Waals surface area contributed by atoms with Gasteiger partial charge >= 0.3 is 0 Å². The first kappa shape index (κ1) is 25.6. The van der Waals surface area contributed by atoms with Crippen LogP contribution in [0, 0.1) is 20.8 Å². The molecule has 8 heteroatoms. The molecule has 4 rings (SSSR count). The number of amides is 1. The summed E-state index contributed by atoms with van der Waals surface area (Å²) in [7, 11) is 3.93. The summed E-state index contributed by atoms with van der Waals surface area (Å²) in [6.45, 7) is 10.00. The highest BCUT2D eigenvalue weighted by Crippen LogP contribution is 2.30. The van der Waals surface area contributed by atoms with Crippen molar-refractivity contribution in [2.24, 2.45) is 0 Å². The lowest BCUT2D eigenvalue weighted by molar-refractivity contribution is 0.0336. The number of H-pyrrole nitrogens is 1. The number of hydrogen-bond acceptors (Lipinski definition) is 6. The van der Waals surface area contributed by atoms with Crippen LogP contribution in [0.4, 0.5) is 5.69 Å². The van der Waals surface area contributed by atoms with Crippen LogP contribution in [0.1, 0.15) is 38.4 Å². The molecule has 0 unspecified atom stereocenters. The van der Waals surface area contributed by atoms with Gasteiger partial charge in [-0.25, -0.2) is 0 Å². The summed E-state index contributed by atoms with van der Waals surface area (Å²) >= 11 is 0. The molecule has 0 aliphatic carbocycles. The fourth-order valence-corrected chi connectivity index (χ4v) is 4.61. The van der Waals surface area contributed by atoms with Gasteiger partial charge in [-0.2, -0.15) is 0 Å². The molecule has 1 fully saturated rings. The average Bonchev–Trinajstić information content (AvgIpc) is 2.84. The second-order valence-corrected chi connectivity index (χ2v) is 9.61. The summed E-state index contributed by atoms with van der Waals surface area (Å²) in [5.41, 5.74) is 7.36. The zero-order valence-corrected chi connectivity index (χ0v) is 21.8. The number of aromatic amines is 1. The molecule has 1 aromatic carbocycles. The Morgan fingerprint density at radius 1 is 1.11 bits per heavy atom. The molecule has 1 saturated heterocycles. The van der Waals surface area contributed by atoms with Crippen LogP contribution < -0.4 is 15.8 Å². The Morgan fingerprint density at radius 2 is 1.86 bits per heavy atom. The number of pyridine rings is 2. The third-order valence-electron chi connectivity index (χ3n) is 6.67. The smallest absolute Gasteiger partial charge is 0.253 e. The minimum absolute atomic E-state index is 0.166. The highest BCUT2D eigenvalue weighted by molar-refractivity contribution is 5.98. The van der Waals surface area contributed by atoms with Gasteiger partial charge in [-0.15, -0.1) is 0 Å². The molecule has 2 N–H and O–H groups in total. The molecule has 3 heterocycles. The first-order chi connectivity index (χ1) is 17.2. The Hall–Kier alpha value is -3.49. The number of aromatic nitrogens is 2. The Kier molecular flexibility index (Phi) is 7.86. The van der Waals surface area contributed by atoms with E-state index < -0.39 is 0 Å². The number of carbonyl (C=O) groups is 1. The van der Waals surface area contributed by atoms with Crippen LogP contribution in [0.3, 0.4) is 0 Å². The van der Waals surface area contributed by atoms with E-state index in [0.29, 0.717) is 11.1 Å². The van der Waals surface area contributed by atoms with E-state index in [4.69, 9.17) is 4.74 Å². The van der Waals surface area contributed by atoms with E-state index >= 15 is 0 Å². The predicted molar refractivity (Wildman–Crippen MR) is 143 cm³/mol. The summed E-state index contributed by atoms with van der Waals surface area (Å²) < 4.78 is 5.43. The lowest BCUT2D eigenvalue weighted by Gasteiger charge is -2.26. The van der Waals surface area contributed by atoms with Gasteiger partial charge < -0.3 is 19.9 Å². The zero-order valence-electron chi connectivity index (χ0n) is 21.8. The van der Waals surface area contributed by atoms with Crippen LogP contribution in [0.25, 0.3) is 11.1 Å². The summed E-state index contributed by atoms with van der Waals surface area (Å²) in [4.78, 5) is 37.5. The van der Waals surface area contributed by atoms with Crippen LogP contribution in [0.2, 0.25) is 0 Å². The van der Waals surface area contributed by atoms with Crippen molar-refractivity contribution in [3.63, 3.8) is 0 Å². The molecule has 2 aromatic heterocycles. The number of aryl methyl sites for hydroxylation is 2. The maximum absolute atomic E-state index is 13.3. The fourth-order valence-electron chi connectivity index (χ4n) is 4.61. The normalized spacial score (nSPS) is 14.0. The average molecular weight is 490 g/mol. The lowest BCUT2D eigenvalue weighted by atomic mass is 9.97. The van der Waals surface area contributed by atoms with E-state index in [1.54, 1.807) is 0 Å². The van der Waals surface area contributed by atoms with E-state index in [9.17, 15) is 9.59 Å². The maximum atomic E-state index is 13.3. The van der Waals surface area contributed by atoms with Crippen molar-refractivity contribution in [2.75, 3.05) is 45.3 Å². The molecule has 1 amide bonds. The molecule has 0 spiro atoms. The highest BCUT2D eigenvalue weighted by Gasteiger charge is 2.18. The summed E-state index contributed by atoms with van der Waals surface area (Å²) in [5, 5.41) is 2.95. The number of rotatable bonds is 7. The second-order valence-electron chi connectivity index (χ2n) is 9.61. The Bertz CT molecular complexity index is 1290. The van der Waals surface area contributed by atoms with E-state index in [-0.39, 0.29) is 18.0 Å². The maximum Gasteiger partial charge on any atom is 0.253 e. The van der Waals surface area contributed by atoms with Crippen molar-refractivity contribution < 1.29 is 9.53 Å². The number of anilines is 1. The Labute approximate surface area is 212 Å². The van der Waals surface area contributed by atoms with Gasteiger partial charge in [0.05, 0.1) is 18.9 Å². The van der Waals surface area contributed by atoms with Gasteiger partial charge in [0.15, 0.2) is 0 Å². The van der Waals surface area contributed by atoms with Crippen LogP contribution in [0.5, 0.6) is 0 Å². The Balaban J connectivity index is 1.58. The number of nitrogens with zero attached hydrogens (tertiary/aromatic N) is 3. The largest absolute Gasteiger partial charge is 0.379 e. The molecule has 36 heavy (non-hydrogen) atoms. The van der Waals surface area contributed by atoms with Crippen LogP contribution in [-0.4, -0.2) is 61.2 Å². The molecule has 8 nitrogen and oxygen atoms in total. The summed E-state index contributed by atoms with van der Waals surface area (Å²) in [5.74, 6) is -0.214. The fraction of sp³-hybridized carbons (Fsp3) is 0.393. The van der Waals surface area contributed by atoms with Crippen LogP contribution in [-0.2, 0) is 17.8 Å². The number of ether oxygens (including phenoxy) is 1. The van der Waals surface area contributed by atoms with Crippen molar-refractivity contribution in [1.29, 1.82) is 0 Å². The van der Waals surface area contributed by atoms with Gasteiger partial charge in [0, 0.05) is 74.5 Å². The molecule has 1 aliphatic heterocycles. The topological polar surface area (TPSA) is 90.6 Å². The standard InChI is InChI=1S/C28H35N5O3/c1-18-12-19(2)31-28(35)25(18)16-30-27(34)24-13-22(14-26(20(24)3)32(4)5)21-6-7-23(29-15-21)17-33-8-10-36-11-9-33/h6-7,12-15H,8-11,16-17H2,1-5H3,(H,30,34)(H,31,35). The first-order valence-corrected chi connectivity index (χ1v) is 12.3. The number of nitrogens with one attached hydrogen (secondary N) is 2. The van der Waals surface area contributed by atoms with E-state index in [2.05, 4.69) is 32.3 Å². The molecule has 0 atom stereocenters. The number of morpholine rings is 1. The van der Waals surface area contributed by atoms with Crippen molar-refractivity contribution in [3.8, 4) is 11.1 Å². The number of hydrogen-bond donors (Lipinski definition) is 2. The highest BCUT2D eigenvalue weighted by atomic mass is 16.5. The van der Waals surface area contributed by atoms with Crippen molar-refractivity contribution in [3.05, 3.63) is 80.5 Å².